The quantitative estimate of drug-likeness (QED) is 0.764. The minimum absolute atomic E-state index is 0.0943. The Labute approximate surface area is 120 Å². The van der Waals surface area contributed by atoms with Crippen molar-refractivity contribution < 1.29 is 9.59 Å². The monoisotopic (exact) mass is 282 g/mol. The first-order chi connectivity index (χ1) is 9.67. The van der Waals surface area contributed by atoms with Crippen molar-refractivity contribution in [3.8, 4) is 0 Å². The maximum absolute atomic E-state index is 12.3. The lowest BCUT2D eigenvalue weighted by Gasteiger charge is -2.39. The lowest BCUT2D eigenvalue weighted by atomic mass is 9.83. The Hall–Kier alpha value is -1.14. The highest BCUT2D eigenvalue weighted by atomic mass is 16.2. The summed E-state index contributed by atoms with van der Waals surface area (Å²) in [7, 11) is 0. The van der Waals surface area contributed by atoms with Crippen LogP contribution >= 0.6 is 0 Å². The van der Waals surface area contributed by atoms with Crippen molar-refractivity contribution in [1.29, 1.82) is 0 Å². The van der Waals surface area contributed by atoms with Gasteiger partial charge in [-0.15, -0.1) is 0 Å². The third-order valence-corrected chi connectivity index (χ3v) is 4.54. The van der Waals surface area contributed by atoms with E-state index >= 15 is 0 Å². The molecular formula is C14H26N4O2. The van der Waals surface area contributed by atoms with Gasteiger partial charge in [0.2, 0.25) is 5.91 Å². The number of nitrogens with two attached hydrogens (primary N) is 1. The van der Waals surface area contributed by atoms with Crippen molar-refractivity contribution >= 4 is 11.9 Å². The van der Waals surface area contributed by atoms with E-state index in [2.05, 4.69) is 17.1 Å². The van der Waals surface area contributed by atoms with Gasteiger partial charge in [0.05, 0.1) is 6.54 Å². The fourth-order valence-electron chi connectivity index (χ4n) is 3.38. The largest absolute Gasteiger partial charge is 0.336 e. The van der Waals surface area contributed by atoms with E-state index in [9.17, 15) is 9.59 Å². The van der Waals surface area contributed by atoms with E-state index < -0.39 is 0 Å². The molecule has 1 heterocycles. The predicted molar refractivity (Wildman–Crippen MR) is 77.2 cm³/mol. The molecule has 6 nitrogen and oxygen atoms in total. The lowest BCUT2D eigenvalue weighted by Crippen LogP contribution is -2.50. The van der Waals surface area contributed by atoms with Crippen molar-refractivity contribution in [3.63, 3.8) is 0 Å². The molecule has 1 saturated heterocycles. The number of hydrogen-bond donors (Lipinski definition) is 2. The highest BCUT2D eigenvalue weighted by Crippen LogP contribution is 2.27. The lowest BCUT2D eigenvalue weighted by molar-refractivity contribution is -0.129. The number of nitrogens with one attached hydrogen (secondary N) is 1. The number of nitrogens with zero attached hydrogens (tertiary/aromatic N) is 2. The van der Waals surface area contributed by atoms with Gasteiger partial charge in [0.25, 0.3) is 0 Å². The van der Waals surface area contributed by atoms with Gasteiger partial charge in [0.1, 0.15) is 0 Å². The molecule has 0 aromatic carbocycles. The van der Waals surface area contributed by atoms with E-state index in [4.69, 9.17) is 5.73 Å². The van der Waals surface area contributed by atoms with E-state index in [1.54, 1.807) is 0 Å². The topological polar surface area (TPSA) is 78.7 Å². The number of imide groups is 1. The zero-order chi connectivity index (χ0) is 14.5. The third-order valence-electron chi connectivity index (χ3n) is 4.54. The second-order valence-electron chi connectivity index (χ2n) is 5.69. The van der Waals surface area contributed by atoms with Crippen LogP contribution in [0.1, 0.15) is 32.6 Å². The Bertz CT molecular complexity index is 361. The van der Waals surface area contributed by atoms with Crippen molar-refractivity contribution in [2.45, 2.75) is 38.6 Å². The fraction of sp³-hybridized carbons (Fsp3) is 0.857. The zero-order valence-electron chi connectivity index (χ0n) is 12.3. The van der Waals surface area contributed by atoms with E-state index in [-0.39, 0.29) is 11.9 Å². The zero-order valence-corrected chi connectivity index (χ0v) is 12.3. The van der Waals surface area contributed by atoms with Crippen molar-refractivity contribution in [1.82, 2.24) is 15.1 Å². The molecule has 0 aromatic rings. The molecule has 6 heteroatoms. The molecule has 2 atom stereocenters. The van der Waals surface area contributed by atoms with Gasteiger partial charge < -0.3 is 11.1 Å². The number of likely N-dealkylation sites (N-methyl/N-ethyl adjacent to an activating group) is 1. The van der Waals surface area contributed by atoms with Crippen LogP contribution in [0.4, 0.5) is 4.79 Å². The van der Waals surface area contributed by atoms with E-state index in [0.717, 1.165) is 19.4 Å². The fourth-order valence-corrected chi connectivity index (χ4v) is 3.38. The van der Waals surface area contributed by atoms with Crippen molar-refractivity contribution in [3.05, 3.63) is 0 Å². The molecule has 3 amide bonds. The van der Waals surface area contributed by atoms with Gasteiger partial charge in [-0.25, -0.2) is 4.79 Å². The van der Waals surface area contributed by atoms with E-state index in [1.807, 2.05) is 0 Å². The SMILES string of the molecule is CCN(CC(=O)N1CCNC1=O)C1CCCCC1CN. The third kappa shape index (κ3) is 3.30. The van der Waals surface area contributed by atoms with E-state index in [0.29, 0.717) is 38.1 Å². The summed E-state index contributed by atoms with van der Waals surface area (Å²) in [6.07, 6.45) is 4.69. The molecule has 0 radical (unpaired) electrons. The molecule has 20 heavy (non-hydrogen) atoms. The summed E-state index contributed by atoms with van der Waals surface area (Å²) in [6.45, 7) is 4.94. The highest BCUT2D eigenvalue weighted by molar-refractivity contribution is 5.96. The summed E-state index contributed by atoms with van der Waals surface area (Å²) in [5, 5.41) is 2.67. The predicted octanol–water partition coefficient (Wildman–Crippen LogP) is 0.378. The number of urea groups is 1. The Balaban J connectivity index is 1.96. The normalized spacial score (nSPS) is 26.9. The second-order valence-corrected chi connectivity index (χ2v) is 5.69. The average molecular weight is 282 g/mol. The summed E-state index contributed by atoms with van der Waals surface area (Å²) in [5.41, 5.74) is 5.88. The molecule has 2 fully saturated rings. The first-order valence-electron chi connectivity index (χ1n) is 7.69. The van der Waals surface area contributed by atoms with Gasteiger partial charge in [0, 0.05) is 19.1 Å². The molecule has 1 aliphatic heterocycles. The number of hydrogen-bond acceptors (Lipinski definition) is 4. The number of carbonyl (C=O) groups excluding carboxylic acids is 2. The molecule has 1 saturated carbocycles. The van der Waals surface area contributed by atoms with Crippen LogP contribution in [0, 0.1) is 5.92 Å². The number of rotatable bonds is 5. The van der Waals surface area contributed by atoms with Crippen LogP contribution in [-0.2, 0) is 4.79 Å². The molecule has 2 unspecified atom stereocenters. The smallest absolute Gasteiger partial charge is 0.324 e. The first kappa shape index (κ1) is 15.3. The highest BCUT2D eigenvalue weighted by Gasteiger charge is 2.32. The van der Waals surface area contributed by atoms with Crippen LogP contribution in [0.2, 0.25) is 0 Å². The summed E-state index contributed by atoms with van der Waals surface area (Å²) in [4.78, 5) is 27.3. The minimum Gasteiger partial charge on any atom is -0.336 e. The van der Waals surface area contributed by atoms with Crippen molar-refractivity contribution in [2.24, 2.45) is 11.7 Å². The minimum atomic E-state index is -0.259. The molecule has 114 valence electrons. The van der Waals surface area contributed by atoms with Gasteiger partial charge in [-0.2, -0.15) is 0 Å². The Morgan fingerprint density at radius 2 is 2.20 bits per heavy atom. The molecule has 0 spiro atoms. The van der Waals surface area contributed by atoms with Gasteiger partial charge in [0.15, 0.2) is 0 Å². The van der Waals surface area contributed by atoms with Crippen LogP contribution in [0.3, 0.4) is 0 Å². The molecular weight excluding hydrogens is 256 g/mol. The number of amides is 3. The molecule has 0 aromatic heterocycles. The van der Waals surface area contributed by atoms with Gasteiger partial charge in [-0.1, -0.05) is 19.8 Å². The number of carbonyl (C=O) groups is 2. The molecule has 3 N–H and O–H groups in total. The summed E-state index contributed by atoms with van der Waals surface area (Å²) < 4.78 is 0. The summed E-state index contributed by atoms with van der Waals surface area (Å²) in [5.74, 6) is 0.382. The maximum Gasteiger partial charge on any atom is 0.324 e. The van der Waals surface area contributed by atoms with Crippen molar-refractivity contribution in [2.75, 3.05) is 32.7 Å². The van der Waals surface area contributed by atoms with Crippen LogP contribution in [0.25, 0.3) is 0 Å². The van der Waals surface area contributed by atoms with Crippen LogP contribution in [-0.4, -0.2) is 60.5 Å². The van der Waals surface area contributed by atoms with E-state index in [1.165, 1.54) is 17.7 Å². The average Bonchev–Trinajstić information content (AvgIpc) is 2.90. The maximum atomic E-state index is 12.3. The summed E-state index contributed by atoms with van der Waals surface area (Å²) in [6, 6.07) is 0.124. The van der Waals surface area contributed by atoms with Crippen LogP contribution in [0.5, 0.6) is 0 Å². The first-order valence-corrected chi connectivity index (χ1v) is 7.69. The summed E-state index contributed by atoms with van der Waals surface area (Å²) >= 11 is 0. The van der Waals surface area contributed by atoms with Gasteiger partial charge in [-0.3, -0.25) is 14.6 Å². The standard InChI is InChI=1S/C14H26N4O2/c1-2-17(12-6-4-3-5-11(12)9-15)10-13(19)18-8-7-16-14(18)20/h11-12H,2-10,15H2,1H3,(H,16,20). The second kappa shape index (κ2) is 7.04. The molecule has 0 bridgehead atoms. The molecule has 1 aliphatic carbocycles. The molecule has 2 aliphatic rings. The van der Waals surface area contributed by atoms with Crippen LogP contribution < -0.4 is 11.1 Å². The van der Waals surface area contributed by atoms with Crippen LogP contribution in [0.15, 0.2) is 0 Å². The van der Waals surface area contributed by atoms with Gasteiger partial charge >= 0.3 is 6.03 Å². The Morgan fingerprint density at radius 1 is 1.45 bits per heavy atom. The van der Waals surface area contributed by atoms with Gasteiger partial charge in [-0.05, 0) is 31.8 Å². The Morgan fingerprint density at radius 3 is 2.80 bits per heavy atom. The Kier molecular flexibility index (Phi) is 5.37. The molecule has 2 rings (SSSR count).